The van der Waals surface area contributed by atoms with Crippen molar-refractivity contribution in [2.75, 3.05) is 39.4 Å². The fourth-order valence-corrected chi connectivity index (χ4v) is 4.47. The van der Waals surface area contributed by atoms with E-state index in [4.69, 9.17) is 9.47 Å². The van der Waals surface area contributed by atoms with Gasteiger partial charge < -0.3 is 14.4 Å². The van der Waals surface area contributed by atoms with Gasteiger partial charge in [-0.1, -0.05) is 12.8 Å². The number of ketones is 1. The van der Waals surface area contributed by atoms with Crippen molar-refractivity contribution >= 4 is 11.7 Å². The van der Waals surface area contributed by atoms with Gasteiger partial charge in [-0.15, -0.1) is 0 Å². The first kappa shape index (κ1) is 19.2. The number of carbonyl (C=O) groups is 2. The zero-order valence-electron chi connectivity index (χ0n) is 16.5. The fraction of sp³-hybridized carbons (Fsp3) is 0.636. The minimum atomic E-state index is -0.0198. The molecule has 0 N–H and O–H groups in total. The number of Topliss-reactive ketones (excluding diaryl/α,β-unsaturated/α-hetero) is 1. The molecular formula is C22H30N2O4. The van der Waals surface area contributed by atoms with Crippen molar-refractivity contribution in [2.45, 2.75) is 51.0 Å². The topological polar surface area (TPSA) is 59.1 Å². The van der Waals surface area contributed by atoms with E-state index in [2.05, 4.69) is 4.90 Å². The van der Waals surface area contributed by atoms with Crippen molar-refractivity contribution in [1.82, 2.24) is 9.80 Å². The molecule has 0 aromatic heterocycles. The molecule has 3 aliphatic rings. The van der Waals surface area contributed by atoms with Crippen molar-refractivity contribution in [3.63, 3.8) is 0 Å². The van der Waals surface area contributed by atoms with Crippen molar-refractivity contribution in [2.24, 2.45) is 0 Å². The molecule has 2 heterocycles. The Kier molecular flexibility index (Phi) is 6.15. The maximum Gasteiger partial charge on any atom is 0.223 e. The Morgan fingerprint density at radius 3 is 2.36 bits per heavy atom. The molecule has 152 valence electrons. The predicted octanol–water partition coefficient (Wildman–Crippen LogP) is 2.90. The van der Waals surface area contributed by atoms with E-state index in [-0.39, 0.29) is 24.5 Å². The number of ether oxygens (including phenoxy) is 2. The van der Waals surface area contributed by atoms with Gasteiger partial charge in [0.2, 0.25) is 5.91 Å². The second-order valence-corrected chi connectivity index (χ2v) is 7.99. The summed E-state index contributed by atoms with van der Waals surface area (Å²) in [7, 11) is 0. The van der Waals surface area contributed by atoms with Crippen LogP contribution in [0.3, 0.4) is 0 Å². The summed E-state index contributed by atoms with van der Waals surface area (Å²) in [6.45, 7) is 4.72. The van der Waals surface area contributed by atoms with Gasteiger partial charge in [0.1, 0.15) is 0 Å². The van der Waals surface area contributed by atoms with Crippen LogP contribution >= 0.6 is 0 Å². The standard InChI is InChI=1S/C22H30N2O4/c25-19(17-6-8-20-21(16-17)28-15-3-14-27-20)7-9-22(26)24-12-10-23(11-13-24)18-4-1-2-5-18/h6,8,16,18H,1-5,7,9-15H2. The van der Waals surface area contributed by atoms with Crippen LogP contribution in [0.15, 0.2) is 18.2 Å². The summed E-state index contributed by atoms with van der Waals surface area (Å²) in [6.07, 6.45) is 6.63. The number of piperazine rings is 1. The molecule has 2 aliphatic heterocycles. The first-order chi connectivity index (χ1) is 13.7. The molecule has 6 heteroatoms. The molecular weight excluding hydrogens is 356 g/mol. The number of amides is 1. The van der Waals surface area contributed by atoms with Crippen LogP contribution in [0.2, 0.25) is 0 Å². The highest BCUT2D eigenvalue weighted by molar-refractivity contribution is 5.98. The molecule has 1 amide bonds. The van der Waals surface area contributed by atoms with Gasteiger partial charge in [0, 0.05) is 57.0 Å². The van der Waals surface area contributed by atoms with Crippen LogP contribution in [-0.2, 0) is 4.79 Å². The van der Waals surface area contributed by atoms with Crippen molar-refractivity contribution < 1.29 is 19.1 Å². The van der Waals surface area contributed by atoms with Crippen LogP contribution in [0.25, 0.3) is 0 Å². The van der Waals surface area contributed by atoms with Crippen LogP contribution in [0, 0.1) is 0 Å². The smallest absolute Gasteiger partial charge is 0.223 e. The Hall–Kier alpha value is -2.08. The molecule has 28 heavy (non-hydrogen) atoms. The van der Waals surface area contributed by atoms with Gasteiger partial charge in [-0.05, 0) is 31.0 Å². The molecule has 0 atom stereocenters. The molecule has 0 unspecified atom stereocenters. The van der Waals surface area contributed by atoms with Gasteiger partial charge in [0.25, 0.3) is 0 Å². The Balaban J connectivity index is 1.25. The minimum Gasteiger partial charge on any atom is -0.490 e. The number of nitrogens with zero attached hydrogens (tertiary/aromatic N) is 2. The van der Waals surface area contributed by atoms with E-state index in [0.29, 0.717) is 30.3 Å². The van der Waals surface area contributed by atoms with E-state index in [1.54, 1.807) is 18.2 Å². The summed E-state index contributed by atoms with van der Waals surface area (Å²) >= 11 is 0. The minimum absolute atomic E-state index is 0.0198. The maximum absolute atomic E-state index is 12.6. The maximum atomic E-state index is 12.6. The summed E-state index contributed by atoms with van der Waals surface area (Å²) in [5.74, 6) is 1.38. The lowest BCUT2D eigenvalue weighted by molar-refractivity contribution is -0.133. The van der Waals surface area contributed by atoms with Crippen LogP contribution in [0.5, 0.6) is 11.5 Å². The van der Waals surface area contributed by atoms with Crippen LogP contribution in [0.4, 0.5) is 0 Å². The Morgan fingerprint density at radius 1 is 0.893 bits per heavy atom. The average molecular weight is 386 g/mol. The average Bonchev–Trinajstić information content (AvgIpc) is 3.17. The normalized spacial score (nSPS) is 20.8. The van der Waals surface area contributed by atoms with Gasteiger partial charge >= 0.3 is 0 Å². The third-order valence-electron chi connectivity index (χ3n) is 6.14. The van der Waals surface area contributed by atoms with E-state index < -0.39 is 0 Å². The summed E-state index contributed by atoms with van der Waals surface area (Å²) in [6, 6.07) is 6.02. The zero-order valence-corrected chi connectivity index (χ0v) is 16.5. The van der Waals surface area contributed by atoms with Crippen molar-refractivity contribution in [3.05, 3.63) is 23.8 Å². The third-order valence-corrected chi connectivity index (χ3v) is 6.14. The second kappa shape index (κ2) is 8.95. The van der Waals surface area contributed by atoms with Gasteiger partial charge in [0.05, 0.1) is 13.2 Å². The highest BCUT2D eigenvalue weighted by Gasteiger charge is 2.28. The van der Waals surface area contributed by atoms with Gasteiger partial charge in [0.15, 0.2) is 17.3 Å². The molecule has 0 spiro atoms. The van der Waals surface area contributed by atoms with E-state index in [1.165, 1.54) is 25.7 Å². The molecule has 1 saturated carbocycles. The number of carbonyl (C=O) groups excluding carboxylic acids is 2. The largest absolute Gasteiger partial charge is 0.490 e. The molecule has 4 rings (SSSR count). The second-order valence-electron chi connectivity index (χ2n) is 7.99. The van der Waals surface area contributed by atoms with Gasteiger partial charge in [-0.2, -0.15) is 0 Å². The first-order valence-electron chi connectivity index (χ1n) is 10.7. The van der Waals surface area contributed by atoms with Crippen molar-refractivity contribution in [3.8, 4) is 11.5 Å². The predicted molar refractivity (Wildman–Crippen MR) is 106 cm³/mol. The summed E-state index contributed by atoms with van der Waals surface area (Å²) < 4.78 is 11.3. The molecule has 1 aromatic carbocycles. The number of hydrogen-bond acceptors (Lipinski definition) is 5. The Labute approximate surface area is 166 Å². The molecule has 1 aliphatic carbocycles. The first-order valence-corrected chi connectivity index (χ1v) is 10.7. The summed E-state index contributed by atoms with van der Waals surface area (Å²) in [5.41, 5.74) is 0.586. The van der Waals surface area contributed by atoms with Gasteiger partial charge in [-0.25, -0.2) is 0 Å². The summed E-state index contributed by atoms with van der Waals surface area (Å²) in [5, 5.41) is 0. The monoisotopic (exact) mass is 386 g/mol. The lowest BCUT2D eigenvalue weighted by Gasteiger charge is -2.38. The van der Waals surface area contributed by atoms with Crippen LogP contribution in [-0.4, -0.2) is 66.9 Å². The zero-order chi connectivity index (χ0) is 19.3. The molecule has 1 aromatic rings. The third kappa shape index (κ3) is 4.49. The van der Waals surface area contributed by atoms with E-state index in [0.717, 1.165) is 38.6 Å². The number of rotatable bonds is 5. The number of hydrogen-bond donors (Lipinski definition) is 0. The van der Waals surface area contributed by atoms with E-state index in [1.807, 2.05) is 4.90 Å². The fourth-order valence-electron chi connectivity index (χ4n) is 4.47. The number of benzene rings is 1. The Bertz CT molecular complexity index is 706. The molecule has 0 bridgehead atoms. The molecule has 2 fully saturated rings. The highest BCUT2D eigenvalue weighted by Crippen LogP contribution is 2.31. The Morgan fingerprint density at radius 2 is 1.61 bits per heavy atom. The lowest BCUT2D eigenvalue weighted by atomic mass is 10.1. The van der Waals surface area contributed by atoms with Crippen LogP contribution < -0.4 is 9.47 Å². The molecule has 6 nitrogen and oxygen atoms in total. The quantitative estimate of drug-likeness (QED) is 0.729. The highest BCUT2D eigenvalue weighted by atomic mass is 16.5. The molecule has 0 radical (unpaired) electrons. The summed E-state index contributed by atoms with van der Waals surface area (Å²) in [4.78, 5) is 29.6. The SMILES string of the molecule is O=C(CCC(=O)N1CCN(C2CCCC2)CC1)c1ccc2c(c1)OCCCO2. The van der Waals surface area contributed by atoms with E-state index >= 15 is 0 Å². The van der Waals surface area contributed by atoms with Crippen LogP contribution in [0.1, 0.15) is 55.3 Å². The van der Waals surface area contributed by atoms with Crippen molar-refractivity contribution in [1.29, 1.82) is 0 Å². The van der Waals surface area contributed by atoms with E-state index in [9.17, 15) is 9.59 Å². The van der Waals surface area contributed by atoms with Gasteiger partial charge in [-0.3, -0.25) is 14.5 Å². The lowest BCUT2D eigenvalue weighted by Crippen LogP contribution is -2.51. The number of fused-ring (bicyclic) bond motifs is 1. The molecule has 1 saturated heterocycles.